The number of carbonyl (C=O) groups is 2. The SMILES string of the molecule is Cc1ccc(S(=O)(=O)N2CCNC(=O)C2CC(=O)N[C@@H]2CCCc3cc(-c4cccc(C#N)c4)ccc32)cc1. The molecule has 3 aromatic carbocycles. The quantitative estimate of drug-likeness (QED) is 0.493. The minimum Gasteiger partial charge on any atom is -0.353 e. The lowest BCUT2D eigenvalue weighted by Gasteiger charge is -2.34. The lowest BCUT2D eigenvalue weighted by Crippen LogP contribution is -2.58. The molecule has 200 valence electrons. The Morgan fingerprint density at radius 2 is 1.87 bits per heavy atom. The first-order chi connectivity index (χ1) is 18.8. The third kappa shape index (κ3) is 5.58. The topological polar surface area (TPSA) is 119 Å². The second-order valence-electron chi connectivity index (χ2n) is 10.1. The summed E-state index contributed by atoms with van der Waals surface area (Å²) in [5.41, 5.74) is 5.64. The summed E-state index contributed by atoms with van der Waals surface area (Å²) in [7, 11) is -3.95. The van der Waals surface area contributed by atoms with Gasteiger partial charge in [0.15, 0.2) is 0 Å². The zero-order valence-corrected chi connectivity index (χ0v) is 22.5. The van der Waals surface area contributed by atoms with Crippen molar-refractivity contribution in [3.05, 3.63) is 89.0 Å². The summed E-state index contributed by atoms with van der Waals surface area (Å²) in [6, 6.07) is 20.9. The molecule has 8 nitrogen and oxygen atoms in total. The Bertz CT molecular complexity index is 1560. The van der Waals surface area contributed by atoms with E-state index < -0.39 is 22.0 Å². The molecule has 0 aromatic heterocycles. The number of amides is 2. The fraction of sp³-hybridized carbons (Fsp3) is 0.300. The molecule has 0 spiro atoms. The van der Waals surface area contributed by atoms with Crippen LogP contribution in [0.4, 0.5) is 0 Å². The molecule has 2 N–H and O–H groups in total. The van der Waals surface area contributed by atoms with Gasteiger partial charge in [-0.25, -0.2) is 8.42 Å². The van der Waals surface area contributed by atoms with E-state index in [0.29, 0.717) is 5.56 Å². The van der Waals surface area contributed by atoms with Crippen molar-refractivity contribution in [2.75, 3.05) is 13.1 Å². The lowest BCUT2D eigenvalue weighted by molar-refractivity contribution is -0.132. The van der Waals surface area contributed by atoms with Gasteiger partial charge in [0.25, 0.3) is 0 Å². The number of piperazine rings is 1. The summed E-state index contributed by atoms with van der Waals surface area (Å²) in [6.45, 7) is 2.16. The van der Waals surface area contributed by atoms with Gasteiger partial charge in [0, 0.05) is 13.1 Å². The smallest absolute Gasteiger partial charge is 0.243 e. The summed E-state index contributed by atoms with van der Waals surface area (Å²) in [6.07, 6.45) is 2.25. The number of hydrogen-bond acceptors (Lipinski definition) is 5. The number of nitrogens with zero attached hydrogens (tertiary/aromatic N) is 2. The van der Waals surface area contributed by atoms with Gasteiger partial charge in [-0.15, -0.1) is 0 Å². The minimum atomic E-state index is -3.95. The predicted octanol–water partition coefficient (Wildman–Crippen LogP) is 3.61. The standard InChI is InChI=1S/C30H30N4O4S/c1-20-8-11-25(12-9-20)39(37,38)34-15-14-32-30(36)28(34)18-29(35)33-27-7-3-6-24-17-23(10-13-26(24)27)22-5-2-4-21(16-22)19-31/h2,4-5,8-13,16-17,27-28H,3,6-7,14-15,18H2,1H3,(H,32,36)(H,33,35)/t27-,28?/m1/s1. The molecule has 2 aliphatic rings. The van der Waals surface area contributed by atoms with Gasteiger partial charge in [-0.2, -0.15) is 9.57 Å². The molecular formula is C30H30N4O4S. The van der Waals surface area contributed by atoms with Crippen LogP contribution in [0.5, 0.6) is 0 Å². The summed E-state index contributed by atoms with van der Waals surface area (Å²) >= 11 is 0. The number of benzene rings is 3. The van der Waals surface area contributed by atoms with Crippen LogP contribution in [0.15, 0.2) is 71.6 Å². The number of aryl methyl sites for hydroxylation is 2. The highest BCUT2D eigenvalue weighted by Gasteiger charge is 2.40. The van der Waals surface area contributed by atoms with E-state index in [1.807, 2.05) is 37.3 Å². The largest absolute Gasteiger partial charge is 0.353 e. The Morgan fingerprint density at radius 3 is 2.64 bits per heavy atom. The molecule has 1 fully saturated rings. The van der Waals surface area contributed by atoms with Crippen molar-refractivity contribution < 1.29 is 18.0 Å². The third-order valence-electron chi connectivity index (χ3n) is 7.41. The molecule has 0 bridgehead atoms. The summed E-state index contributed by atoms with van der Waals surface area (Å²) in [5, 5.41) is 15.0. The highest BCUT2D eigenvalue weighted by atomic mass is 32.2. The molecule has 1 saturated heterocycles. The van der Waals surface area contributed by atoms with Crippen LogP contribution >= 0.6 is 0 Å². The average Bonchev–Trinajstić information content (AvgIpc) is 2.94. The molecule has 9 heteroatoms. The third-order valence-corrected chi connectivity index (χ3v) is 9.33. The number of nitrogens with one attached hydrogen (secondary N) is 2. The Balaban J connectivity index is 1.33. The molecule has 0 saturated carbocycles. The Kier molecular flexibility index (Phi) is 7.51. The minimum absolute atomic E-state index is 0.0991. The first-order valence-electron chi connectivity index (χ1n) is 13.1. The van der Waals surface area contributed by atoms with Crippen LogP contribution in [0, 0.1) is 18.3 Å². The van der Waals surface area contributed by atoms with Crippen molar-refractivity contribution in [2.24, 2.45) is 0 Å². The van der Waals surface area contributed by atoms with Gasteiger partial charge in [-0.1, -0.05) is 48.0 Å². The summed E-state index contributed by atoms with van der Waals surface area (Å²) < 4.78 is 27.9. The van der Waals surface area contributed by atoms with E-state index >= 15 is 0 Å². The second kappa shape index (κ2) is 11.0. The van der Waals surface area contributed by atoms with Gasteiger partial charge in [-0.3, -0.25) is 9.59 Å². The molecular weight excluding hydrogens is 512 g/mol. The van der Waals surface area contributed by atoms with E-state index in [9.17, 15) is 23.3 Å². The van der Waals surface area contributed by atoms with Crippen molar-refractivity contribution in [3.8, 4) is 17.2 Å². The van der Waals surface area contributed by atoms with Crippen molar-refractivity contribution >= 4 is 21.8 Å². The maximum atomic E-state index is 13.4. The molecule has 1 aliphatic carbocycles. The Labute approximate surface area is 228 Å². The molecule has 1 aliphatic heterocycles. The molecule has 5 rings (SSSR count). The van der Waals surface area contributed by atoms with E-state index in [-0.39, 0.29) is 36.4 Å². The van der Waals surface area contributed by atoms with E-state index in [1.165, 1.54) is 12.1 Å². The van der Waals surface area contributed by atoms with Gasteiger partial charge >= 0.3 is 0 Å². The van der Waals surface area contributed by atoms with Crippen LogP contribution in [0.1, 0.15) is 47.6 Å². The van der Waals surface area contributed by atoms with Crippen LogP contribution in [-0.4, -0.2) is 43.7 Å². The molecule has 1 heterocycles. The van der Waals surface area contributed by atoms with E-state index in [0.717, 1.165) is 51.4 Å². The van der Waals surface area contributed by atoms with Crippen molar-refractivity contribution in [3.63, 3.8) is 0 Å². The number of nitriles is 1. The lowest BCUT2D eigenvalue weighted by atomic mass is 9.85. The number of hydrogen-bond donors (Lipinski definition) is 2. The molecule has 1 unspecified atom stereocenters. The maximum absolute atomic E-state index is 13.4. The Morgan fingerprint density at radius 1 is 1.10 bits per heavy atom. The van der Waals surface area contributed by atoms with Gasteiger partial charge in [-0.05, 0) is 72.7 Å². The normalized spacial score (nSPS) is 19.4. The predicted molar refractivity (Wildman–Crippen MR) is 147 cm³/mol. The van der Waals surface area contributed by atoms with Gasteiger partial charge in [0.2, 0.25) is 21.8 Å². The van der Waals surface area contributed by atoms with Crippen molar-refractivity contribution in [2.45, 2.75) is 49.6 Å². The van der Waals surface area contributed by atoms with Gasteiger partial charge < -0.3 is 10.6 Å². The van der Waals surface area contributed by atoms with E-state index in [4.69, 9.17) is 0 Å². The highest BCUT2D eigenvalue weighted by Crippen LogP contribution is 2.33. The molecule has 2 atom stereocenters. The summed E-state index contributed by atoms with van der Waals surface area (Å²) in [4.78, 5) is 26.1. The second-order valence-corrected chi connectivity index (χ2v) is 11.9. The fourth-order valence-corrected chi connectivity index (χ4v) is 6.95. The first-order valence-corrected chi connectivity index (χ1v) is 14.5. The average molecular weight is 543 g/mol. The monoisotopic (exact) mass is 542 g/mol. The van der Waals surface area contributed by atoms with Crippen LogP contribution in [0.2, 0.25) is 0 Å². The van der Waals surface area contributed by atoms with Crippen molar-refractivity contribution in [1.29, 1.82) is 5.26 Å². The van der Waals surface area contributed by atoms with E-state index in [1.54, 1.807) is 18.2 Å². The highest BCUT2D eigenvalue weighted by molar-refractivity contribution is 7.89. The van der Waals surface area contributed by atoms with Crippen LogP contribution in [0.3, 0.4) is 0 Å². The first kappa shape index (κ1) is 26.6. The zero-order valence-electron chi connectivity index (χ0n) is 21.7. The number of rotatable bonds is 6. The van der Waals surface area contributed by atoms with Crippen LogP contribution < -0.4 is 10.6 Å². The van der Waals surface area contributed by atoms with Gasteiger partial charge in [0.1, 0.15) is 6.04 Å². The van der Waals surface area contributed by atoms with Crippen molar-refractivity contribution in [1.82, 2.24) is 14.9 Å². The maximum Gasteiger partial charge on any atom is 0.243 e. The molecule has 0 radical (unpaired) electrons. The van der Waals surface area contributed by atoms with Crippen LogP contribution in [-0.2, 0) is 26.0 Å². The number of carbonyl (C=O) groups excluding carboxylic acids is 2. The fourth-order valence-electron chi connectivity index (χ4n) is 5.36. The van der Waals surface area contributed by atoms with Gasteiger partial charge in [0.05, 0.1) is 29.0 Å². The number of sulfonamides is 1. The Hall–Kier alpha value is -4.00. The zero-order chi connectivity index (χ0) is 27.6. The molecule has 3 aromatic rings. The van der Waals surface area contributed by atoms with E-state index in [2.05, 4.69) is 22.8 Å². The molecule has 2 amide bonds. The number of fused-ring (bicyclic) bond motifs is 1. The van der Waals surface area contributed by atoms with Crippen LogP contribution in [0.25, 0.3) is 11.1 Å². The molecule has 39 heavy (non-hydrogen) atoms. The summed E-state index contributed by atoms with van der Waals surface area (Å²) in [5.74, 6) is -0.842.